The number of H-pyrrole nitrogens is 2. The van der Waals surface area contributed by atoms with E-state index in [4.69, 9.17) is 0 Å². The zero-order valence-corrected chi connectivity index (χ0v) is 10.4. The largest absolute Gasteiger partial charge is 0.338 e. The number of rotatable bonds is 5. The molecule has 2 rings (SSSR count). The predicted molar refractivity (Wildman–Crippen MR) is 71.8 cm³/mol. The molecule has 1 aromatic carbocycles. The first-order valence-corrected chi connectivity index (χ1v) is 6.06. The van der Waals surface area contributed by atoms with Crippen molar-refractivity contribution in [3.05, 3.63) is 58.0 Å². The van der Waals surface area contributed by atoms with Gasteiger partial charge >= 0.3 is 6.03 Å². The molecule has 0 aliphatic carbocycles. The van der Waals surface area contributed by atoms with Crippen LogP contribution in [0.3, 0.4) is 0 Å². The molecular weight excluding hydrogens is 244 g/mol. The molecule has 2 amide bonds. The van der Waals surface area contributed by atoms with E-state index < -0.39 is 0 Å². The fraction of sp³-hybridized carbons (Fsp3) is 0.231. The average Bonchev–Trinajstić information content (AvgIpc) is 2.83. The van der Waals surface area contributed by atoms with Crippen molar-refractivity contribution in [3.8, 4) is 0 Å². The first kappa shape index (κ1) is 12.9. The summed E-state index contributed by atoms with van der Waals surface area (Å²) in [5.74, 6) is 0. The highest BCUT2D eigenvalue weighted by Gasteiger charge is 2.01. The topological polar surface area (TPSA) is 89.8 Å². The fourth-order valence-corrected chi connectivity index (χ4v) is 1.67. The van der Waals surface area contributed by atoms with Crippen LogP contribution in [-0.2, 0) is 13.0 Å². The monoisotopic (exact) mass is 260 g/mol. The quantitative estimate of drug-likeness (QED) is 0.639. The van der Waals surface area contributed by atoms with E-state index in [1.54, 1.807) is 0 Å². The van der Waals surface area contributed by atoms with Crippen LogP contribution in [0.4, 0.5) is 4.79 Å². The second-order valence-corrected chi connectivity index (χ2v) is 4.13. The number of benzene rings is 1. The Hall–Kier alpha value is -2.50. The van der Waals surface area contributed by atoms with E-state index in [1.165, 1.54) is 11.6 Å². The Morgan fingerprint density at radius 2 is 1.89 bits per heavy atom. The van der Waals surface area contributed by atoms with E-state index in [0.29, 0.717) is 12.2 Å². The minimum atomic E-state index is -0.252. The molecule has 0 unspecified atom stereocenters. The van der Waals surface area contributed by atoms with Crippen molar-refractivity contribution in [2.45, 2.75) is 13.0 Å². The zero-order valence-electron chi connectivity index (χ0n) is 10.4. The van der Waals surface area contributed by atoms with Gasteiger partial charge in [0.05, 0.1) is 12.2 Å². The molecule has 0 aliphatic rings. The number of amides is 2. The smallest absolute Gasteiger partial charge is 0.315 e. The zero-order chi connectivity index (χ0) is 13.5. The number of hydrogen-bond donors (Lipinski definition) is 4. The number of carbonyl (C=O) groups excluding carboxylic acids is 1. The molecule has 0 aliphatic heterocycles. The molecule has 0 fully saturated rings. The second kappa shape index (κ2) is 6.44. The number of carbonyl (C=O) groups is 1. The molecule has 1 aromatic heterocycles. The first-order valence-electron chi connectivity index (χ1n) is 6.06. The van der Waals surface area contributed by atoms with Gasteiger partial charge in [0.2, 0.25) is 0 Å². The summed E-state index contributed by atoms with van der Waals surface area (Å²) in [5, 5.41) is 10.5. The van der Waals surface area contributed by atoms with Crippen LogP contribution in [0.2, 0.25) is 0 Å². The average molecular weight is 260 g/mol. The van der Waals surface area contributed by atoms with Gasteiger partial charge in [-0.2, -0.15) is 0 Å². The summed E-state index contributed by atoms with van der Waals surface area (Å²) in [6, 6.07) is 11.1. The molecule has 100 valence electrons. The van der Waals surface area contributed by atoms with E-state index >= 15 is 0 Å². The number of hydrogen-bond acceptors (Lipinski definition) is 2. The van der Waals surface area contributed by atoms with Gasteiger partial charge in [-0.3, -0.25) is 9.89 Å². The Morgan fingerprint density at radius 3 is 2.58 bits per heavy atom. The van der Waals surface area contributed by atoms with Crippen molar-refractivity contribution in [3.63, 3.8) is 0 Å². The van der Waals surface area contributed by atoms with Crippen LogP contribution in [0.15, 0.2) is 41.2 Å². The van der Waals surface area contributed by atoms with Gasteiger partial charge in [-0.15, -0.1) is 0 Å². The molecule has 0 saturated heterocycles. The number of aromatic amines is 2. The minimum Gasteiger partial charge on any atom is -0.338 e. The van der Waals surface area contributed by atoms with Crippen molar-refractivity contribution >= 4 is 6.03 Å². The standard InChI is InChI=1S/C13H16N4O2/c18-12-8-11(16-17-12)9-15-13(19)14-7-6-10-4-2-1-3-5-10/h1-5,8H,6-7,9H2,(H2,14,15,19)(H2,16,17,18). The Morgan fingerprint density at radius 1 is 1.11 bits per heavy atom. The highest BCUT2D eigenvalue weighted by Crippen LogP contribution is 1.97. The van der Waals surface area contributed by atoms with E-state index in [0.717, 1.165) is 6.42 Å². The van der Waals surface area contributed by atoms with Crippen LogP contribution in [0, 0.1) is 0 Å². The lowest BCUT2D eigenvalue weighted by molar-refractivity contribution is 0.240. The lowest BCUT2D eigenvalue weighted by Crippen LogP contribution is -2.36. The van der Waals surface area contributed by atoms with Gasteiger partial charge in [-0.25, -0.2) is 4.79 Å². The van der Waals surface area contributed by atoms with Crippen molar-refractivity contribution in [2.24, 2.45) is 0 Å². The molecule has 0 atom stereocenters. The maximum atomic E-state index is 11.5. The van der Waals surface area contributed by atoms with Gasteiger partial charge in [0.15, 0.2) is 0 Å². The third-order valence-electron chi connectivity index (χ3n) is 2.63. The number of aromatic nitrogens is 2. The molecule has 6 heteroatoms. The molecule has 19 heavy (non-hydrogen) atoms. The Kier molecular flexibility index (Phi) is 4.39. The first-order chi connectivity index (χ1) is 9.24. The Balaban J connectivity index is 1.66. The van der Waals surface area contributed by atoms with Gasteiger partial charge in [0, 0.05) is 12.6 Å². The Bertz CT molecular complexity index is 574. The third kappa shape index (κ3) is 4.34. The Labute approximate surface area is 110 Å². The SMILES string of the molecule is O=C(NCCc1ccccc1)NCc1cc(=O)[nH][nH]1. The highest BCUT2D eigenvalue weighted by molar-refractivity contribution is 5.73. The van der Waals surface area contributed by atoms with E-state index in [2.05, 4.69) is 20.8 Å². The van der Waals surface area contributed by atoms with Crippen LogP contribution >= 0.6 is 0 Å². The van der Waals surface area contributed by atoms with Crippen molar-refractivity contribution in [1.82, 2.24) is 20.8 Å². The van der Waals surface area contributed by atoms with Crippen molar-refractivity contribution < 1.29 is 4.79 Å². The fourth-order valence-electron chi connectivity index (χ4n) is 1.67. The lowest BCUT2D eigenvalue weighted by atomic mass is 10.1. The second-order valence-electron chi connectivity index (χ2n) is 4.13. The van der Waals surface area contributed by atoms with E-state index in [1.807, 2.05) is 30.3 Å². The summed E-state index contributed by atoms with van der Waals surface area (Å²) < 4.78 is 0. The number of nitrogens with one attached hydrogen (secondary N) is 4. The van der Waals surface area contributed by atoms with Gasteiger partial charge in [-0.1, -0.05) is 30.3 Å². The molecule has 0 bridgehead atoms. The molecule has 0 spiro atoms. The number of urea groups is 1. The summed E-state index contributed by atoms with van der Waals surface area (Å²) in [6.07, 6.45) is 0.787. The molecule has 0 radical (unpaired) electrons. The van der Waals surface area contributed by atoms with Gasteiger partial charge in [-0.05, 0) is 12.0 Å². The predicted octanol–water partition coefficient (Wildman–Crippen LogP) is 0.745. The summed E-state index contributed by atoms with van der Waals surface area (Å²) >= 11 is 0. The van der Waals surface area contributed by atoms with Crippen LogP contribution in [0.25, 0.3) is 0 Å². The summed E-state index contributed by atoms with van der Waals surface area (Å²) in [6.45, 7) is 0.857. The lowest BCUT2D eigenvalue weighted by Gasteiger charge is -2.06. The highest BCUT2D eigenvalue weighted by atomic mass is 16.2. The van der Waals surface area contributed by atoms with Crippen LogP contribution in [-0.4, -0.2) is 22.8 Å². The summed E-state index contributed by atoms with van der Waals surface area (Å²) in [4.78, 5) is 22.3. The molecule has 0 saturated carbocycles. The maximum Gasteiger partial charge on any atom is 0.315 e. The van der Waals surface area contributed by atoms with Gasteiger partial charge in [0.25, 0.3) is 5.56 Å². The molecule has 1 heterocycles. The van der Waals surface area contributed by atoms with E-state index in [9.17, 15) is 9.59 Å². The van der Waals surface area contributed by atoms with Crippen LogP contribution in [0.5, 0.6) is 0 Å². The molecule has 2 aromatic rings. The molecule has 6 nitrogen and oxygen atoms in total. The van der Waals surface area contributed by atoms with Crippen molar-refractivity contribution in [2.75, 3.05) is 6.54 Å². The maximum absolute atomic E-state index is 11.5. The van der Waals surface area contributed by atoms with Crippen LogP contribution in [0.1, 0.15) is 11.3 Å². The minimum absolute atomic E-state index is 0.207. The molecular formula is C13H16N4O2. The molecule has 4 N–H and O–H groups in total. The normalized spacial score (nSPS) is 10.1. The third-order valence-corrected chi connectivity index (χ3v) is 2.63. The van der Waals surface area contributed by atoms with Crippen molar-refractivity contribution in [1.29, 1.82) is 0 Å². The van der Waals surface area contributed by atoms with Gasteiger partial charge < -0.3 is 15.7 Å². The summed E-state index contributed by atoms with van der Waals surface area (Å²) in [5.41, 5.74) is 1.61. The van der Waals surface area contributed by atoms with Crippen LogP contribution < -0.4 is 16.2 Å². The summed E-state index contributed by atoms with van der Waals surface area (Å²) in [7, 11) is 0. The van der Waals surface area contributed by atoms with E-state index in [-0.39, 0.29) is 18.1 Å². The van der Waals surface area contributed by atoms with Gasteiger partial charge in [0.1, 0.15) is 0 Å².